The van der Waals surface area contributed by atoms with E-state index in [0.29, 0.717) is 22.8 Å². The van der Waals surface area contributed by atoms with E-state index in [1.807, 2.05) is 6.92 Å². The molecule has 1 aliphatic heterocycles. The van der Waals surface area contributed by atoms with E-state index in [2.05, 4.69) is 9.71 Å². The maximum Gasteiger partial charge on any atom is 0.263 e. The molecule has 0 saturated heterocycles. The Kier molecular flexibility index (Phi) is 3.92. The van der Waals surface area contributed by atoms with Crippen molar-refractivity contribution in [2.24, 2.45) is 4.99 Å². The van der Waals surface area contributed by atoms with Gasteiger partial charge in [0.2, 0.25) is 0 Å². The summed E-state index contributed by atoms with van der Waals surface area (Å²) >= 11 is 6.00. The van der Waals surface area contributed by atoms with Crippen molar-refractivity contribution >= 4 is 27.5 Å². The van der Waals surface area contributed by atoms with Gasteiger partial charge < -0.3 is 0 Å². The van der Waals surface area contributed by atoms with Gasteiger partial charge in [-0.05, 0) is 25.0 Å². The van der Waals surface area contributed by atoms with Crippen molar-refractivity contribution in [1.29, 1.82) is 0 Å². The van der Waals surface area contributed by atoms with Crippen molar-refractivity contribution in [1.82, 2.24) is 4.72 Å². The smallest absolute Gasteiger partial charge is 0.263 e. The average molecular weight is 287 g/mol. The molecule has 4 nitrogen and oxygen atoms in total. The molecule has 2 rings (SSSR count). The van der Waals surface area contributed by atoms with E-state index < -0.39 is 10.0 Å². The lowest BCUT2D eigenvalue weighted by molar-refractivity contribution is 0.595. The molecule has 1 aromatic rings. The Balaban J connectivity index is 2.20. The summed E-state index contributed by atoms with van der Waals surface area (Å²) < 4.78 is 26.1. The second kappa shape index (κ2) is 5.28. The van der Waals surface area contributed by atoms with Crippen LogP contribution in [0.4, 0.5) is 0 Å². The van der Waals surface area contributed by atoms with Gasteiger partial charge in [-0.1, -0.05) is 19.1 Å². The number of rotatable bonds is 4. The van der Waals surface area contributed by atoms with Crippen molar-refractivity contribution in [3.8, 4) is 0 Å². The second-order valence-corrected chi connectivity index (χ2v) is 6.39. The van der Waals surface area contributed by atoms with Crippen molar-refractivity contribution in [2.45, 2.75) is 30.0 Å². The Morgan fingerprint density at radius 2 is 2.11 bits per heavy atom. The van der Waals surface area contributed by atoms with Crippen molar-refractivity contribution < 1.29 is 8.42 Å². The number of aliphatic imine (C=N–C) groups is 1. The minimum absolute atomic E-state index is 0.0857. The Morgan fingerprint density at radius 3 is 2.83 bits per heavy atom. The number of hydrogen-bond donors (Lipinski definition) is 1. The zero-order chi connectivity index (χ0) is 13.2. The first-order valence-electron chi connectivity index (χ1n) is 5.85. The quantitative estimate of drug-likeness (QED) is 0.862. The average Bonchev–Trinajstić information content (AvgIpc) is 2.62. The zero-order valence-corrected chi connectivity index (χ0v) is 11.6. The Bertz CT molecular complexity index is 569. The first-order valence-corrected chi connectivity index (χ1v) is 7.77. The number of hydrogen-bond acceptors (Lipinski definition) is 3. The summed E-state index contributed by atoms with van der Waals surface area (Å²) in [6.45, 7) is 2.53. The van der Waals surface area contributed by atoms with Crippen molar-refractivity contribution in [3.05, 3.63) is 29.8 Å². The minimum Gasteiger partial charge on any atom is -0.267 e. The van der Waals surface area contributed by atoms with E-state index in [4.69, 9.17) is 11.6 Å². The molecule has 0 spiro atoms. The van der Waals surface area contributed by atoms with Gasteiger partial charge in [0, 0.05) is 17.5 Å². The van der Waals surface area contributed by atoms with E-state index in [1.54, 1.807) is 24.3 Å². The summed E-state index contributed by atoms with van der Waals surface area (Å²) in [5.41, 5.74) is 0.639. The summed E-state index contributed by atoms with van der Waals surface area (Å²) in [6, 6.07) is 6.83. The van der Waals surface area contributed by atoms with Gasteiger partial charge in [-0.3, -0.25) is 9.71 Å². The molecular formula is C12H15ClN2O2S. The number of benzene rings is 1. The number of nitrogens with zero attached hydrogens (tertiary/aromatic N) is 1. The number of amidine groups is 1. The SMILES string of the molecule is CCC(Cl)CCN=C1NS(=O)(=O)c2ccccc21. The van der Waals surface area contributed by atoms with Gasteiger partial charge in [-0.2, -0.15) is 0 Å². The third-order valence-electron chi connectivity index (χ3n) is 2.82. The predicted molar refractivity (Wildman–Crippen MR) is 72.7 cm³/mol. The maximum absolute atomic E-state index is 11.8. The molecule has 0 amide bonds. The second-order valence-electron chi connectivity index (χ2n) is 4.13. The topological polar surface area (TPSA) is 58.5 Å². The van der Waals surface area contributed by atoms with Crippen LogP contribution >= 0.6 is 11.6 Å². The molecule has 0 aliphatic carbocycles. The number of halogens is 1. The number of nitrogens with one attached hydrogen (secondary N) is 1. The zero-order valence-electron chi connectivity index (χ0n) is 10.1. The molecule has 0 fully saturated rings. The van der Waals surface area contributed by atoms with E-state index >= 15 is 0 Å². The standard InChI is InChI=1S/C12H15ClN2O2S/c1-2-9(13)7-8-14-12-10-5-3-4-6-11(10)18(16,17)15-12/h3-6,9H,2,7-8H2,1H3,(H,14,15). The van der Waals surface area contributed by atoms with Gasteiger partial charge in [0.05, 0.1) is 4.90 Å². The number of fused-ring (bicyclic) bond motifs is 1. The van der Waals surface area contributed by atoms with Crippen LogP contribution in [0.1, 0.15) is 25.3 Å². The van der Waals surface area contributed by atoms with Gasteiger partial charge in [-0.25, -0.2) is 8.42 Å². The predicted octanol–water partition coefficient (Wildman–Crippen LogP) is 2.13. The fraction of sp³-hybridized carbons (Fsp3) is 0.417. The number of sulfonamides is 1. The fourth-order valence-corrected chi connectivity index (χ4v) is 3.12. The molecule has 1 aromatic carbocycles. The van der Waals surface area contributed by atoms with Gasteiger partial charge in [-0.15, -0.1) is 11.6 Å². The van der Waals surface area contributed by atoms with Gasteiger partial charge in [0.25, 0.3) is 10.0 Å². The lowest BCUT2D eigenvalue weighted by atomic mass is 10.2. The summed E-state index contributed by atoms with van der Waals surface area (Å²) in [4.78, 5) is 4.58. The molecule has 6 heteroatoms. The van der Waals surface area contributed by atoms with Crippen LogP contribution < -0.4 is 4.72 Å². The van der Waals surface area contributed by atoms with Gasteiger partial charge >= 0.3 is 0 Å². The molecule has 98 valence electrons. The highest BCUT2D eigenvalue weighted by Crippen LogP contribution is 2.22. The summed E-state index contributed by atoms with van der Waals surface area (Å²) in [5.74, 6) is 0.422. The first kappa shape index (κ1) is 13.4. The van der Waals surface area contributed by atoms with E-state index in [9.17, 15) is 8.42 Å². The summed E-state index contributed by atoms with van der Waals surface area (Å²) in [7, 11) is -3.42. The van der Waals surface area contributed by atoms with Crippen LogP contribution in [0.25, 0.3) is 0 Å². The first-order chi connectivity index (χ1) is 8.54. The molecule has 1 atom stereocenters. The molecule has 0 saturated carbocycles. The molecule has 0 aromatic heterocycles. The molecule has 1 N–H and O–H groups in total. The van der Waals surface area contributed by atoms with Crippen molar-refractivity contribution in [3.63, 3.8) is 0 Å². The highest BCUT2D eigenvalue weighted by molar-refractivity contribution is 7.90. The van der Waals surface area contributed by atoms with Gasteiger partial charge in [0.15, 0.2) is 0 Å². The van der Waals surface area contributed by atoms with Crippen LogP contribution in [0.2, 0.25) is 0 Å². The lowest BCUT2D eigenvalue weighted by Crippen LogP contribution is -2.22. The molecule has 1 aliphatic rings. The van der Waals surface area contributed by atoms with Crippen LogP contribution in [-0.4, -0.2) is 26.2 Å². The minimum atomic E-state index is -3.42. The monoisotopic (exact) mass is 286 g/mol. The third-order valence-corrected chi connectivity index (χ3v) is 4.74. The molecule has 1 unspecified atom stereocenters. The highest BCUT2D eigenvalue weighted by Gasteiger charge is 2.29. The van der Waals surface area contributed by atoms with Crippen LogP contribution in [-0.2, 0) is 10.0 Å². The van der Waals surface area contributed by atoms with E-state index in [-0.39, 0.29) is 5.38 Å². The lowest BCUT2D eigenvalue weighted by Gasteiger charge is -2.03. The van der Waals surface area contributed by atoms with Crippen molar-refractivity contribution in [2.75, 3.05) is 6.54 Å². The third kappa shape index (κ3) is 2.67. The Labute approximate surface area is 112 Å². The van der Waals surface area contributed by atoms with Crippen LogP contribution in [0.5, 0.6) is 0 Å². The largest absolute Gasteiger partial charge is 0.267 e. The highest BCUT2D eigenvalue weighted by atomic mass is 35.5. The van der Waals surface area contributed by atoms with Crippen LogP contribution in [0.3, 0.4) is 0 Å². The fourth-order valence-electron chi connectivity index (χ4n) is 1.77. The number of alkyl halides is 1. The molecule has 1 heterocycles. The van der Waals surface area contributed by atoms with E-state index in [1.165, 1.54) is 0 Å². The van der Waals surface area contributed by atoms with Crippen LogP contribution in [0, 0.1) is 0 Å². The normalized spacial score (nSPS) is 20.4. The Hall–Kier alpha value is -1.07. The summed E-state index contributed by atoms with van der Waals surface area (Å²) in [6.07, 6.45) is 1.63. The summed E-state index contributed by atoms with van der Waals surface area (Å²) in [5, 5.41) is 0.0857. The van der Waals surface area contributed by atoms with E-state index in [0.717, 1.165) is 12.8 Å². The molecule has 0 radical (unpaired) electrons. The van der Waals surface area contributed by atoms with Crippen LogP contribution in [0.15, 0.2) is 34.2 Å². The Morgan fingerprint density at radius 1 is 1.39 bits per heavy atom. The molecule has 18 heavy (non-hydrogen) atoms. The van der Waals surface area contributed by atoms with Gasteiger partial charge in [0.1, 0.15) is 5.84 Å². The molecular weight excluding hydrogens is 272 g/mol. The maximum atomic E-state index is 11.8. The molecule has 0 bridgehead atoms.